The van der Waals surface area contributed by atoms with E-state index in [0.717, 1.165) is 18.2 Å². The van der Waals surface area contributed by atoms with Crippen LogP contribution in [0.4, 0.5) is 14.6 Å². The fraction of sp³-hybridized carbons (Fsp3) is 0.0833. The quantitative estimate of drug-likeness (QED) is 0.762. The van der Waals surface area contributed by atoms with Gasteiger partial charge in [-0.3, -0.25) is 0 Å². The Morgan fingerprint density at radius 2 is 2.00 bits per heavy atom. The van der Waals surface area contributed by atoms with Crippen molar-refractivity contribution in [2.45, 2.75) is 6.54 Å². The molecule has 0 atom stereocenters. The van der Waals surface area contributed by atoms with Gasteiger partial charge in [0.2, 0.25) is 0 Å². The maximum Gasteiger partial charge on any atom is 0.165 e. The molecule has 0 aliphatic heterocycles. The number of nitrogen functional groups attached to an aromatic ring is 1. The summed E-state index contributed by atoms with van der Waals surface area (Å²) < 4.78 is 28.3. The summed E-state index contributed by atoms with van der Waals surface area (Å²) in [6.07, 6.45) is 2.78. The number of anilines is 1. The molecule has 5 nitrogen and oxygen atoms in total. The van der Waals surface area contributed by atoms with Gasteiger partial charge in [0.05, 0.1) is 12.9 Å². The molecule has 2 heterocycles. The summed E-state index contributed by atoms with van der Waals surface area (Å²) in [6, 6.07) is 3.31. The lowest BCUT2D eigenvalue weighted by Crippen LogP contribution is -2.03. The lowest BCUT2D eigenvalue weighted by molar-refractivity contribution is 0.578. The zero-order valence-corrected chi connectivity index (χ0v) is 9.72. The Hall–Kier alpha value is -2.57. The van der Waals surface area contributed by atoms with E-state index in [4.69, 9.17) is 5.73 Å². The number of hydrogen-bond acceptors (Lipinski definition) is 4. The third-order valence-corrected chi connectivity index (χ3v) is 2.78. The van der Waals surface area contributed by atoms with Crippen LogP contribution in [0.15, 0.2) is 30.9 Å². The van der Waals surface area contributed by atoms with E-state index in [2.05, 4.69) is 15.0 Å². The average molecular weight is 261 g/mol. The molecule has 0 saturated heterocycles. The zero-order chi connectivity index (χ0) is 13.4. The highest BCUT2D eigenvalue weighted by Crippen LogP contribution is 2.17. The molecule has 3 aromatic rings. The summed E-state index contributed by atoms with van der Waals surface area (Å²) in [6.45, 7) is 0.122. The molecule has 0 unspecified atom stereocenters. The van der Waals surface area contributed by atoms with Crippen molar-refractivity contribution in [3.8, 4) is 0 Å². The molecule has 96 valence electrons. The van der Waals surface area contributed by atoms with Crippen molar-refractivity contribution in [1.82, 2.24) is 19.5 Å². The van der Waals surface area contributed by atoms with Crippen LogP contribution >= 0.6 is 0 Å². The Labute approximate surface area is 106 Å². The SMILES string of the molecule is Nc1ncnc2c1ncn2Cc1cc(F)ccc1F. The maximum absolute atomic E-state index is 13.6. The zero-order valence-electron chi connectivity index (χ0n) is 9.72. The van der Waals surface area contributed by atoms with Crippen LogP contribution in [-0.4, -0.2) is 19.5 Å². The molecule has 0 aliphatic carbocycles. The van der Waals surface area contributed by atoms with Crippen LogP contribution in [0.2, 0.25) is 0 Å². The average Bonchev–Trinajstić information content (AvgIpc) is 2.79. The van der Waals surface area contributed by atoms with Gasteiger partial charge >= 0.3 is 0 Å². The van der Waals surface area contributed by atoms with E-state index in [-0.39, 0.29) is 17.9 Å². The van der Waals surface area contributed by atoms with Crippen LogP contribution in [0.5, 0.6) is 0 Å². The molecule has 0 amide bonds. The lowest BCUT2D eigenvalue weighted by Gasteiger charge is -2.05. The minimum Gasteiger partial charge on any atom is -0.382 e. The summed E-state index contributed by atoms with van der Waals surface area (Å²) in [4.78, 5) is 11.9. The van der Waals surface area contributed by atoms with Crippen molar-refractivity contribution in [3.63, 3.8) is 0 Å². The predicted octanol–water partition coefficient (Wildman–Crippen LogP) is 1.73. The largest absolute Gasteiger partial charge is 0.382 e. The highest BCUT2D eigenvalue weighted by atomic mass is 19.1. The lowest BCUT2D eigenvalue weighted by atomic mass is 10.2. The smallest absolute Gasteiger partial charge is 0.165 e. The first-order valence-corrected chi connectivity index (χ1v) is 5.50. The molecular weight excluding hydrogens is 252 g/mol. The fourth-order valence-corrected chi connectivity index (χ4v) is 1.86. The number of aromatic nitrogens is 4. The monoisotopic (exact) mass is 261 g/mol. The third kappa shape index (κ3) is 1.99. The number of nitrogens with zero attached hydrogens (tertiary/aromatic N) is 4. The van der Waals surface area contributed by atoms with Gasteiger partial charge in [0.25, 0.3) is 0 Å². The molecule has 0 spiro atoms. The number of hydrogen-bond donors (Lipinski definition) is 1. The van der Waals surface area contributed by atoms with Crippen LogP contribution < -0.4 is 5.73 Å². The van der Waals surface area contributed by atoms with Gasteiger partial charge in [-0.25, -0.2) is 23.7 Å². The van der Waals surface area contributed by atoms with Gasteiger partial charge in [-0.2, -0.15) is 0 Å². The highest BCUT2D eigenvalue weighted by Gasteiger charge is 2.10. The van der Waals surface area contributed by atoms with Crippen molar-refractivity contribution in [2.75, 3.05) is 5.73 Å². The second-order valence-corrected chi connectivity index (χ2v) is 4.04. The molecule has 1 aromatic carbocycles. The molecule has 2 N–H and O–H groups in total. The Morgan fingerprint density at radius 3 is 2.84 bits per heavy atom. The number of rotatable bonds is 2. The van der Waals surface area contributed by atoms with Gasteiger partial charge in [-0.05, 0) is 18.2 Å². The normalized spacial score (nSPS) is 11.1. The number of halogens is 2. The van der Waals surface area contributed by atoms with Crippen LogP contribution in [0, 0.1) is 11.6 Å². The van der Waals surface area contributed by atoms with Gasteiger partial charge in [0, 0.05) is 5.56 Å². The minimum atomic E-state index is -0.491. The number of benzene rings is 1. The topological polar surface area (TPSA) is 69.6 Å². The first-order valence-electron chi connectivity index (χ1n) is 5.50. The molecule has 0 bridgehead atoms. The van der Waals surface area contributed by atoms with Crippen molar-refractivity contribution < 1.29 is 8.78 Å². The predicted molar refractivity (Wildman–Crippen MR) is 65.2 cm³/mol. The van der Waals surface area contributed by atoms with Crippen LogP contribution in [-0.2, 0) is 6.54 Å². The van der Waals surface area contributed by atoms with E-state index in [9.17, 15) is 8.78 Å². The van der Waals surface area contributed by atoms with Crippen molar-refractivity contribution >= 4 is 17.0 Å². The van der Waals surface area contributed by atoms with Crippen LogP contribution in [0.1, 0.15) is 5.56 Å². The molecule has 7 heteroatoms. The van der Waals surface area contributed by atoms with E-state index >= 15 is 0 Å². The summed E-state index contributed by atoms with van der Waals surface area (Å²) in [5.74, 6) is -0.719. The minimum absolute atomic E-state index is 0.122. The van der Waals surface area contributed by atoms with Crippen molar-refractivity contribution in [1.29, 1.82) is 0 Å². The van der Waals surface area contributed by atoms with E-state index < -0.39 is 11.6 Å². The third-order valence-electron chi connectivity index (χ3n) is 2.78. The Kier molecular flexibility index (Phi) is 2.59. The standard InChI is InChI=1S/C12H9F2N5/c13-8-1-2-9(14)7(3-8)4-19-6-18-10-11(15)16-5-17-12(10)19/h1-3,5-6H,4H2,(H2,15,16,17). The van der Waals surface area contributed by atoms with Crippen LogP contribution in [0.3, 0.4) is 0 Å². The van der Waals surface area contributed by atoms with Gasteiger partial charge in [-0.1, -0.05) is 0 Å². The summed E-state index contributed by atoms with van der Waals surface area (Å²) in [5.41, 5.74) is 6.80. The Balaban J connectivity index is 2.06. The summed E-state index contributed by atoms with van der Waals surface area (Å²) >= 11 is 0. The Morgan fingerprint density at radius 1 is 1.16 bits per heavy atom. The number of nitrogens with two attached hydrogens (primary N) is 1. The first kappa shape index (κ1) is 11.5. The molecule has 0 radical (unpaired) electrons. The van der Waals surface area contributed by atoms with E-state index in [1.165, 1.54) is 12.7 Å². The summed E-state index contributed by atoms with van der Waals surface area (Å²) in [5, 5.41) is 0. The van der Waals surface area contributed by atoms with E-state index in [0.29, 0.717) is 11.2 Å². The second kappa shape index (κ2) is 4.27. The molecular formula is C12H9F2N5. The van der Waals surface area contributed by atoms with E-state index in [1.54, 1.807) is 4.57 Å². The van der Waals surface area contributed by atoms with Gasteiger partial charge in [0.1, 0.15) is 23.5 Å². The van der Waals surface area contributed by atoms with Crippen LogP contribution in [0.25, 0.3) is 11.2 Å². The molecule has 3 rings (SSSR count). The number of fused-ring (bicyclic) bond motifs is 1. The van der Waals surface area contributed by atoms with Gasteiger partial charge in [-0.15, -0.1) is 0 Å². The molecule has 0 fully saturated rings. The molecule has 0 saturated carbocycles. The Bertz CT molecular complexity index is 753. The van der Waals surface area contributed by atoms with Gasteiger partial charge in [0.15, 0.2) is 11.5 Å². The first-order chi connectivity index (χ1) is 9.15. The van der Waals surface area contributed by atoms with Gasteiger partial charge < -0.3 is 10.3 Å². The maximum atomic E-state index is 13.6. The van der Waals surface area contributed by atoms with E-state index in [1.807, 2.05) is 0 Å². The second-order valence-electron chi connectivity index (χ2n) is 4.04. The molecule has 19 heavy (non-hydrogen) atoms. The van der Waals surface area contributed by atoms with Crippen molar-refractivity contribution in [2.24, 2.45) is 0 Å². The number of imidazole rings is 1. The fourth-order valence-electron chi connectivity index (χ4n) is 1.86. The summed E-state index contributed by atoms with van der Waals surface area (Å²) in [7, 11) is 0. The highest BCUT2D eigenvalue weighted by molar-refractivity contribution is 5.81. The molecule has 2 aromatic heterocycles. The molecule has 0 aliphatic rings. The van der Waals surface area contributed by atoms with Crippen molar-refractivity contribution in [3.05, 3.63) is 48.1 Å².